The van der Waals surface area contributed by atoms with Gasteiger partial charge >= 0.3 is 6.03 Å². The monoisotopic (exact) mass is 368 g/mol. The molecule has 5 nitrogen and oxygen atoms in total. The molecule has 6 heteroatoms. The molecule has 2 N–H and O–H groups in total. The number of rotatable bonds is 4. The number of imide groups is 1. The van der Waals surface area contributed by atoms with Crippen molar-refractivity contribution in [2.24, 2.45) is 5.92 Å². The van der Waals surface area contributed by atoms with E-state index < -0.39 is 11.9 Å². The van der Waals surface area contributed by atoms with Gasteiger partial charge in [0.25, 0.3) is 5.91 Å². The van der Waals surface area contributed by atoms with E-state index in [1.165, 1.54) is 6.42 Å². The fourth-order valence-corrected chi connectivity index (χ4v) is 3.00. The Balaban J connectivity index is 1.74. The van der Waals surface area contributed by atoms with Crippen LogP contribution in [0.5, 0.6) is 5.75 Å². The SMILES string of the molecule is C[C@@H]1CCCC[C@H]1NC(=O)NC(=O)COc1ccccc1Br. The fraction of sp³-hybridized carbons (Fsp3) is 0.500. The summed E-state index contributed by atoms with van der Waals surface area (Å²) in [5, 5.41) is 5.18. The number of carbonyl (C=O) groups is 2. The number of nitrogens with one attached hydrogen (secondary N) is 2. The number of amides is 3. The third kappa shape index (κ3) is 5.02. The van der Waals surface area contributed by atoms with Crippen LogP contribution >= 0.6 is 15.9 Å². The standard InChI is InChI=1S/C16H21BrN2O3/c1-11-6-2-4-8-13(11)18-16(21)19-15(20)10-22-14-9-5-3-7-12(14)17/h3,5,7,9,11,13H,2,4,6,8,10H2,1H3,(H2,18,19,20,21)/t11-,13-/m1/s1. The minimum atomic E-state index is -0.461. The third-order valence-electron chi connectivity index (χ3n) is 3.88. The summed E-state index contributed by atoms with van der Waals surface area (Å²) < 4.78 is 6.14. The van der Waals surface area contributed by atoms with Crippen LogP contribution in [0.1, 0.15) is 32.6 Å². The Labute approximate surface area is 138 Å². The smallest absolute Gasteiger partial charge is 0.321 e. The maximum atomic E-state index is 11.8. The predicted molar refractivity (Wildman–Crippen MR) is 87.7 cm³/mol. The molecule has 0 unspecified atom stereocenters. The predicted octanol–water partition coefficient (Wildman–Crippen LogP) is 3.23. The lowest BCUT2D eigenvalue weighted by atomic mass is 9.86. The number of ether oxygens (including phenoxy) is 1. The molecule has 1 aromatic rings. The Kier molecular flexibility index (Phi) is 6.24. The molecule has 1 saturated carbocycles. The van der Waals surface area contributed by atoms with Crippen molar-refractivity contribution >= 4 is 27.9 Å². The molecule has 0 heterocycles. The molecule has 0 bridgehead atoms. The first-order chi connectivity index (χ1) is 10.6. The first-order valence-electron chi connectivity index (χ1n) is 7.54. The number of hydrogen-bond acceptors (Lipinski definition) is 3. The molecule has 1 aliphatic rings. The third-order valence-corrected chi connectivity index (χ3v) is 4.53. The van der Waals surface area contributed by atoms with Crippen molar-refractivity contribution < 1.29 is 14.3 Å². The highest BCUT2D eigenvalue weighted by atomic mass is 79.9. The average molecular weight is 369 g/mol. The topological polar surface area (TPSA) is 67.4 Å². The van der Waals surface area contributed by atoms with Gasteiger partial charge < -0.3 is 10.1 Å². The van der Waals surface area contributed by atoms with Crippen molar-refractivity contribution in [3.63, 3.8) is 0 Å². The largest absolute Gasteiger partial charge is 0.483 e. The Morgan fingerprint density at radius 3 is 2.73 bits per heavy atom. The van der Waals surface area contributed by atoms with Crippen molar-refractivity contribution in [3.05, 3.63) is 28.7 Å². The Bertz CT molecular complexity index is 536. The Morgan fingerprint density at radius 1 is 1.27 bits per heavy atom. The number of urea groups is 1. The van der Waals surface area contributed by atoms with Crippen molar-refractivity contribution in [2.75, 3.05) is 6.61 Å². The van der Waals surface area contributed by atoms with Crippen LogP contribution in [0.3, 0.4) is 0 Å². The number of benzene rings is 1. The summed E-state index contributed by atoms with van der Waals surface area (Å²) in [6.45, 7) is 1.93. The van der Waals surface area contributed by atoms with E-state index >= 15 is 0 Å². The summed E-state index contributed by atoms with van der Waals surface area (Å²) in [6.07, 6.45) is 4.41. The molecule has 0 saturated heterocycles. The highest BCUT2D eigenvalue weighted by Crippen LogP contribution is 2.24. The van der Waals surface area contributed by atoms with E-state index in [1.807, 2.05) is 18.2 Å². The highest BCUT2D eigenvalue weighted by molar-refractivity contribution is 9.10. The molecule has 1 fully saturated rings. The lowest BCUT2D eigenvalue weighted by molar-refractivity contribution is -0.122. The molecule has 2 atom stereocenters. The van der Waals surface area contributed by atoms with E-state index in [9.17, 15) is 9.59 Å². The second-order valence-electron chi connectivity index (χ2n) is 5.61. The van der Waals surface area contributed by atoms with Crippen LogP contribution in [0.15, 0.2) is 28.7 Å². The molecular weight excluding hydrogens is 348 g/mol. The van der Waals surface area contributed by atoms with Crippen LogP contribution < -0.4 is 15.4 Å². The Hall–Kier alpha value is -1.56. The molecule has 1 aliphatic carbocycles. The summed E-state index contributed by atoms with van der Waals surface area (Å²) >= 11 is 3.33. The van der Waals surface area contributed by atoms with Crippen LogP contribution in [0.25, 0.3) is 0 Å². The zero-order chi connectivity index (χ0) is 15.9. The first kappa shape index (κ1) is 16.8. The van der Waals surface area contributed by atoms with Gasteiger partial charge in [-0.15, -0.1) is 0 Å². The van der Waals surface area contributed by atoms with Crippen LogP contribution in [0.4, 0.5) is 4.79 Å². The van der Waals surface area contributed by atoms with Crippen molar-refractivity contribution in [1.29, 1.82) is 0 Å². The number of para-hydroxylation sites is 1. The summed E-state index contributed by atoms with van der Waals surface area (Å²) in [4.78, 5) is 23.6. The molecule has 120 valence electrons. The molecule has 0 aromatic heterocycles. The second kappa shape index (κ2) is 8.17. The fourth-order valence-electron chi connectivity index (χ4n) is 2.60. The van der Waals surface area contributed by atoms with Gasteiger partial charge in [-0.3, -0.25) is 10.1 Å². The van der Waals surface area contributed by atoms with Gasteiger partial charge in [0, 0.05) is 6.04 Å². The molecule has 22 heavy (non-hydrogen) atoms. The molecule has 2 rings (SSSR count). The second-order valence-corrected chi connectivity index (χ2v) is 6.46. The summed E-state index contributed by atoms with van der Waals surface area (Å²) in [5.41, 5.74) is 0. The summed E-state index contributed by atoms with van der Waals surface area (Å²) in [6, 6.07) is 6.95. The lowest BCUT2D eigenvalue weighted by Gasteiger charge is -2.29. The van der Waals surface area contributed by atoms with Crippen molar-refractivity contribution in [3.8, 4) is 5.75 Å². The van der Waals surface area contributed by atoms with E-state index in [0.29, 0.717) is 11.7 Å². The van der Waals surface area contributed by atoms with E-state index in [4.69, 9.17) is 4.74 Å². The number of hydrogen-bond donors (Lipinski definition) is 2. The normalized spacial score (nSPS) is 21.0. The zero-order valence-corrected chi connectivity index (χ0v) is 14.2. The van der Waals surface area contributed by atoms with Crippen LogP contribution in [-0.2, 0) is 4.79 Å². The van der Waals surface area contributed by atoms with Crippen molar-refractivity contribution in [2.45, 2.75) is 38.6 Å². The molecule has 0 aliphatic heterocycles. The van der Waals surface area contributed by atoms with Gasteiger partial charge in [0.05, 0.1) is 4.47 Å². The van der Waals surface area contributed by atoms with Gasteiger partial charge in [-0.25, -0.2) is 4.79 Å². The Morgan fingerprint density at radius 2 is 2.00 bits per heavy atom. The number of carbonyl (C=O) groups excluding carboxylic acids is 2. The van der Waals surface area contributed by atoms with Crippen LogP contribution in [-0.4, -0.2) is 24.6 Å². The maximum absolute atomic E-state index is 11.8. The lowest BCUT2D eigenvalue weighted by Crippen LogP contribution is -2.48. The van der Waals surface area contributed by atoms with Crippen LogP contribution in [0, 0.1) is 5.92 Å². The van der Waals surface area contributed by atoms with Gasteiger partial charge in [0.15, 0.2) is 6.61 Å². The van der Waals surface area contributed by atoms with Gasteiger partial charge in [-0.2, -0.15) is 0 Å². The van der Waals surface area contributed by atoms with Gasteiger partial charge in [-0.05, 0) is 46.8 Å². The molecule has 3 amide bonds. The van der Waals surface area contributed by atoms with Gasteiger partial charge in [0.2, 0.25) is 0 Å². The quantitative estimate of drug-likeness (QED) is 0.856. The zero-order valence-electron chi connectivity index (χ0n) is 12.6. The molecule has 0 radical (unpaired) electrons. The minimum absolute atomic E-state index is 0.144. The van der Waals surface area contributed by atoms with E-state index in [-0.39, 0.29) is 12.6 Å². The van der Waals surface area contributed by atoms with Gasteiger partial charge in [-0.1, -0.05) is 31.9 Å². The highest BCUT2D eigenvalue weighted by Gasteiger charge is 2.23. The molecule has 0 spiro atoms. The summed E-state index contributed by atoms with van der Waals surface area (Å²) in [5.74, 6) is 0.557. The minimum Gasteiger partial charge on any atom is -0.483 e. The molecule has 1 aromatic carbocycles. The van der Waals surface area contributed by atoms with E-state index in [2.05, 4.69) is 33.5 Å². The number of halogens is 1. The van der Waals surface area contributed by atoms with Crippen molar-refractivity contribution in [1.82, 2.24) is 10.6 Å². The van der Waals surface area contributed by atoms with E-state index in [1.54, 1.807) is 6.07 Å². The van der Waals surface area contributed by atoms with Crippen LogP contribution in [0.2, 0.25) is 0 Å². The molecular formula is C16H21BrN2O3. The summed E-state index contributed by atoms with van der Waals surface area (Å²) in [7, 11) is 0. The van der Waals surface area contributed by atoms with E-state index in [0.717, 1.165) is 23.7 Å². The maximum Gasteiger partial charge on any atom is 0.321 e. The average Bonchev–Trinajstić information content (AvgIpc) is 2.49. The van der Waals surface area contributed by atoms with Gasteiger partial charge in [0.1, 0.15) is 5.75 Å². The first-order valence-corrected chi connectivity index (χ1v) is 8.33.